The van der Waals surface area contributed by atoms with E-state index in [1.807, 2.05) is 29.1 Å². The summed E-state index contributed by atoms with van der Waals surface area (Å²) in [5.74, 6) is 0.00727. The molecule has 4 aromatic rings. The van der Waals surface area contributed by atoms with Crippen molar-refractivity contribution >= 4 is 22.2 Å². The number of carbonyl (C=O) groups excluding carboxylic acids is 1. The SMILES string of the molecule is COc1ccc(-n2ccc(C)c(C(=O)NC(C)c3cn4ccsc4n3)c2=O)cn1. The van der Waals surface area contributed by atoms with E-state index in [-0.39, 0.29) is 11.6 Å². The van der Waals surface area contributed by atoms with Crippen LogP contribution in [0, 0.1) is 6.92 Å². The van der Waals surface area contributed by atoms with Crippen LogP contribution in [0.3, 0.4) is 0 Å². The van der Waals surface area contributed by atoms with Crippen LogP contribution >= 0.6 is 11.3 Å². The van der Waals surface area contributed by atoms with Gasteiger partial charge in [-0.15, -0.1) is 11.3 Å². The van der Waals surface area contributed by atoms with Crippen LogP contribution in [0.1, 0.15) is 34.6 Å². The molecule has 0 bridgehead atoms. The molecule has 4 heterocycles. The number of thiazole rings is 1. The number of rotatable bonds is 5. The molecule has 0 aromatic carbocycles. The molecule has 9 heteroatoms. The molecule has 0 aliphatic heterocycles. The normalized spacial score (nSPS) is 12.1. The van der Waals surface area contributed by atoms with Gasteiger partial charge in [0.15, 0.2) is 4.96 Å². The van der Waals surface area contributed by atoms with E-state index in [1.165, 1.54) is 29.2 Å². The van der Waals surface area contributed by atoms with Crippen LogP contribution < -0.4 is 15.6 Å². The number of hydrogen-bond acceptors (Lipinski definition) is 6. The fraction of sp³-hybridized carbons (Fsp3) is 0.200. The minimum absolute atomic E-state index is 0.0937. The van der Waals surface area contributed by atoms with Crippen molar-refractivity contribution < 1.29 is 9.53 Å². The Morgan fingerprint density at radius 2 is 2.10 bits per heavy atom. The molecule has 148 valence electrons. The zero-order valence-corrected chi connectivity index (χ0v) is 16.9. The Kier molecular flexibility index (Phi) is 4.89. The molecule has 0 saturated heterocycles. The van der Waals surface area contributed by atoms with E-state index in [4.69, 9.17) is 4.74 Å². The number of aryl methyl sites for hydroxylation is 1. The van der Waals surface area contributed by atoms with Gasteiger partial charge in [-0.05, 0) is 31.5 Å². The molecular weight excluding hydrogens is 390 g/mol. The molecule has 0 fully saturated rings. The summed E-state index contributed by atoms with van der Waals surface area (Å²) < 4.78 is 8.35. The maximum atomic E-state index is 13.0. The van der Waals surface area contributed by atoms with Gasteiger partial charge in [0.25, 0.3) is 11.5 Å². The van der Waals surface area contributed by atoms with Crippen molar-refractivity contribution in [3.63, 3.8) is 0 Å². The van der Waals surface area contributed by atoms with E-state index in [9.17, 15) is 9.59 Å². The van der Waals surface area contributed by atoms with Crippen LogP contribution in [0.4, 0.5) is 0 Å². The van der Waals surface area contributed by atoms with Crippen LogP contribution in [0.5, 0.6) is 5.88 Å². The fourth-order valence-electron chi connectivity index (χ4n) is 3.04. The molecule has 0 aliphatic rings. The third-order valence-electron chi connectivity index (χ3n) is 4.64. The number of amides is 1. The van der Waals surface area contributed by atoms with Gasteiger partial charge in [0.05, 0.1) is 30.7 Å². The number of nitrogens with one attached hydrogen (secondary N) is 1. The van der Waals surface area contributed by atoms with Gasteiger partial charge in [-0.25, -0.2) is 9.97 Å². The Labute approximate surface area is 170 Å². The van der Waals surface area contributed by atoms with E-state index >= 15 is 0 Å². The smallest absolute Gasteiger partial charge is 0.268 e. The van der Waals surface area contributed by atoms with E-state index in [0.29, 0.717) is 17.1 Å². The second-order valence-corrected chi connectivity index (χ2v) is 7.43. The standard InChI is InChI=1S/C20H19N5O3S/c1-12-6-7-25(14-4-5-16(28-3)21-10-14)19(27)17(12)18(26)22-13(2)15-11-24-8-9-29-20(24)23-15/h4-11,13H,1-3H3,(H,22,26). The minimum Gasteiger partial charge on any atom is -0.481 e. The largest absolute Gasteiger partial charge is 0.481 e. The molecule has 0 radical (unpaired) electrons. The summed E-state index contributed by atoms with van der Waals surface area (Å²) in [7, 11) is 1.52. The highest BCUT2D eigenvalue weighted by molar-refractivity contribution is 7.15. The van der Waals surface area contributed by atoms with Gasteiger partial charge in [-0.2, -0.15) is 0 Å². The number of carbonyl (C=O) groups is 1. The lowest BCUT2D eigenvalue weighted by Crippen LogP contribution is -2.35. The summed E-state index contributed by atoms with van der Waals surface area (Å²) in [5.41, 5.74) is 1.57. The fourth-order valence-corrected chi connectivity index (χ4v) is 3.75. The van der Waals surface area contributed by atoms with Crippen molar-refractivity contribution in [2.75, 3.05) is 7.11 Å². The van der Waals surface area contributed by atoms with E-state index < -0.39 is 11.5 Å². The Bertz CT molecular complexity index is 1210. The van der Waals surface area contributed by atoms with Crippen LogP contribution in [0.2, 0.25) is 0 Å². The molecule has 0 saturated carbocycles. The highest BCUT2D eigenvalue weighted by Gasteiger charge is 2.20. The molecule has 0 aliphatic carbocycles. The lowest BCUT2D eigenvalue weighted by atomic mass is 10.1. The maximum Gasteiger partial charge on any atom is 0.268 e. The van der Waals surface area contributed by atoms with Gasteiger partial charge in [-0.1, -0.05) is 0 Å². The van der Waals surface area contributed by atoms with Crippen LogP contribution in [0.25, 0.3) is 10.6 Å². The first-order valence-electron chi connectivity index (χ1n) is 8.93. The number of hydrogen-bond donors (Lipinski definition) is 1. The molecule has 4 aromatic heterocycles. The number of imidazole rings is 1. The Balaban J connectivity index is 1.63. The van der Waals surface area contributed by atoms with Crippen LogP contribution in [-0.4, -0.2) is 32.0 Å². The van der Waals surface area contributed by atoms with Gasteiger partial charge < -0.3 is 10.1 Å². The molecular formula is C20H19N5O3S. The first-order valence-corrected chi connectivity index (χ1v) is 9.81. The third-order valence-corrected chi connectivity index (χ3v) is 5.41. The zero-order chi connectivity index (χ0) is 20.5. The molecule has 1 atom stereocenters. The number of fused-ring (bicyclic) bond motifs is 1. The molecule has 29 heavy (non-hydrogen) atoms. The number of nitrogens with zero attached hydrogens (tertiary/aromatic N) is 4. The average Bonchev–Trinajstić information content (AvgIpc) is 3.30. The Morgan fingerprint density at radius 3 is 2.79 bits per heavy atom. The van der Waals surface area contributed by atoms with Gasteiger partial charge in [-0.3, -0.25) is 18.6 Å². The summed E-state index contributed by atoms with van der Waals surface area (Å²) in [6.45, 7) is 3.58. The highest BCUT2D eigenvalue weighted by Crippen LogP contribution is 2.17. The van der Waals surface area contributed by atoms with E-state index in [2.05, 4.69) is 15.3 Å². The summed E-state index contributed by atoms with van der Waals surface area (Å²) in [4.78, 5) is 35.4. The number of methoxy groups -OCH3 is 1. The van der Waals surface area contributed by atoms with Crippen molar-refractivity contribution in [1.29, 1.82) is 0 Å². The topological polar surface area (TPSA) is 90.5 Å². The number of aromatic nitrogens is 4. The second kappa shape index (κ2) is 7.51. The van der Waals surface area contributed by atoms with Gasteiger partial charge in [0.1, 0.15) is 5.56 Å². The summed E-state index contributed by atoms with van der Waals surface area (Å²) >= 11 is 1.52. The number of pyridine rings is 2. The molecule has 1 unspecified atom stereocenters. The lowest BCUT2D eigenvalue weighted by Gasteiger charge is -2.14. The first kappa shape index (κ1) is 18.9. The van der Waals surface area contributed by atoms with Crippen molar-refractivity contribution in [2.24, 2.45) is 0 Å². The van der Waals surface area contributed by atoms with Crippen LogP contribution in [0.15, 0.2) is 53.2 Å². The monoisotopic (exact) mass is 409 g/mol. The zero-order valence-electron chi connectivity index (χ0n) is 16.1. The van der Waals surface area contributed by atoms with Gasteiger partial charge in [0, 0.05) is 30.0 Å². The molecule has 1 N–H and O–H groups in total. The second-order valence-electron chi connectivity index (χ2n) is 6.56. The van der Waals surface area contributed by atoms with E-state index in [0.717, 1.165) is 10.7 Å². The van der Waals surface area contributed by atoms with Crippen molar-refractivity contribution in [3.05, 3.63) is 75.5 Å². The summed E-state index contributed by atoms with van der Waals surface area (Å²) in [6.07, 6.45) is 6.94. The van der Waals surface area contributed by atoms with Crippen molar-refractivity contribution in [2.45, 2.75) is 19.9 Å². The Hall–Kier alpha value is -3.46. The summed E-state index contributed by atoms with van der Waals surface area (Å²) in [6, 6.07) is 4.76. The van der Waals surface area contributed by atoms with Gasteiger partial charge >= 0.3 is 0 Å². The predicted octanol–water partition coefficient (Wildman–Crippen LogP) is 2.75. The minimum atomic E-state index is -0.438. The third kappa shape index (κ3) is 3.52. The molecule has 8 nitrogen and oxygen atoms in total. The molecule has 4 rings (SSSR count). The number of ether oxygens (including phenoxy) is 1. The molecule has 1 amide bonds. The predicted molar refractivity (Wildman–Crippen MR) is 110 cm³/mol. The lowest BCUT2D eigenvalue weighted by molar-refractivity contribution is 0.0936. The average molecular weight is 409 g/mol. The highest BCUT2D eigenvalue weighted by atomic mass is 32.1. The van der Waals surface area contributed by atoms with E-state index in [1.54, 1.807) is 31.3 Å². The maximum absolute atomic E-state index is 13.0. The first-order chi connectivity index (χ1) is 14.0. The quantitative estimate of drug-likeness (QED) is 0.547. The Morgan fingerprint density at radius 1 is 1.28 bits per heavy atom. The summed E-state index contributed by atoms with van der Waals surface area (Å²) in [5, 5.41) is 4.83. The van der Waals surface area contributed by atoms with Crippen LogP contribution in [-0.2, 0) is 0 Å². The van der Waals surface area contributed by atoms with Crippen molar-refractivity contribution in [3.8, 4) is 11.6 Å². The van der Waals surface area contributed by atoms with Gasteiger partial charge in [0.2, 0.25) is 5.88 Å². The van der Waals surface area contributed by atoms with Crippen molar-refractivity contribution in [1.82, 2.24) is 24.3 Å². The molecule has 0 spiro atoms.